The summed E-state index contributed by atoms with van der Waals surface area (Å²) < 4.78 is 52.8. The number of aliphatic hydroxyl groups is 1. The summed E-state index contributed by atoms with van der Waals surface area (Å²) in [6.07, 6.45) is -0.755. The van der Waals surface area contributed by atoms with Gasteiger partial charge in [0.1, 0.15) is 24.4 Å². The predicted molar refractivity (Wildman–Crippen MR) is 229 cm³/mol. The summed E-state index contributed by atoms with van der Waals surface area (Å²) in [6.45, 7) is 41.5. The van der Waals surface area contributed by atoms with Crippen LogP contribution in [-0.2, 0) is 42.6 Å². The van der Waals surface area contributed by atoms with E-state index < -0.39 is 18.0 Å². The fourth-order valence-electron chi connectivity index (χ4n) is 5.99. The third kappa shape index (κ3) is 23.5. The SMILES string of the molecule is [B][C@@H]1CO[C@H](COC(C)(C)C)[C@@H](OC(C)(C)C)C1.[B][C@@H]1CO[C@H](COC(C)(C)C)[C@@H](OC(C)(C)C)[C@H]1C.[B][C@@H]1CO[C@H](COC(C)(C)C)[C@@H](OC(C)(C)C)[C@H]1O. The number of hydrogen-bond acceptors (Lipinski definition) is 10. The van der Waals surface area contributed by atoms with Crippen molar-refractivity contribution in [2.45, 2.75) is 232 Å². The molecule has 10 nitrogen and oxygen atoms in total. The number of ether oxygens (including phenoxy) is 9. The average Bonchev–Trinajstić information content (AvgIpc) is 2.98. The maximum absolute atomic E-state index is 10.2. The highest BCUT2D eigenvalue weighted by molar-refractivity contribution is 6.12. The predicted octanol–water partition coefficient (Wildman–Crippen LogP) is 7.41. The molecule has 0 aromatic heterocycles. The van der Waals surface area contributed by atoms with Crippen LogP contribution in [0.5, 0.6) is 0 Å². The van der Waals surface area contributed by atoms with Crippen molar-refractivity contribution in [2.75, 3.05) is 39.6 Å². The monoisotopic (exact) mass is 793 g/mol. The molecule has 3 aliphatic rings. The molecule has 0 bridgehead atoms. The third-order valence-electron chi connectivity index (χ3n) is 8.71. The number of rotatable bonds is 9. The lowest BCUT2D eigenvalue weighted by molar-refractivity contribution is -0.214. The molecule has 0 aromatic carbocycles. The van der Waals surface area contributed by atoms with Crippen molar-refractivity contribution in [3.05, 3.63) is 0 Å². The van der Waals surface area contributed by atoms with Gasteiger partial charge in [-0.05, 0) is 149 Å². The van der Waals surface area contributed by atoms with Gasteiger partial charge in [-0.15, -0.1) is 0 Å². The maximum atomic E-state index is 10.2. The van der Waals surface area contributed by atoms with Gasteiger partial charge >= 0.3 is 0 Å². The van der Waals surface area contributed by atoms with Crippen molar-refractivity contribution in [1.29, 1.82) is 0 Å². The number of aliphatic hydroxyl groups excluding tert-OH is 1. The highest BCUT2D eigenvalue weighted by Crippen LogP contribution is 2.34. The molecule has 6 radical (unpaired) electrons. The van der Waals surface area contributed by atoms with Crippen LogP contribution in [0, 0.1) is 5.92 Å². The van der Waals surface area contributed by atoms with Gasteiger partial charge in [-0.1, -0.05) is 12.7 Å². The lowest BCUT2D eigenvalue weighted by Gasteiger charge is -2.43. The summed E-state index contributed by atoms with van der Waals surface area (Å²) in [4.78, 5) is 0. The first-order chi connectivity index (χ1) is 25.1. The van der Waals surface area contributed by atoms with Crippen LogP contribution >= 0.6 is 0 Å². The Morgan fingerprint density at radius 1 is 0.482 bits per heavy atom. The molecular formula is C43H83B3O10. The Bertz CT molecular complexity index is 1030. The molecule has 0 aromatic rings. The Morgan fingerprint density at radius 3 is 1.25 bits per heavy atom. The second-order valence-electron chi connectivity index (χ2n) is 21.7. The quantitative estimate of drug-likeness (QED) is 0.238. The van der Waals surface area contributed by atoms with Gasteiger partial charge in [0.05, 0.1) is 95.3 Å². The minimum Gasteiger partial charge on any atom is -0.391 e. The molecule has 13 heteroatoms. The van der Waals surface area contributed by atoms with Crippen molar-refractivity contribution < 1.29 is 47.7 Å². The first-order valence-corrected chi connectivity index (χ1v) is 20.8. The van der Waals surface area contributed by atoms with Crippen molar-refractivity contribution in [2.24, 2.45) is 5.92 Å². The Labute approximate surface area is 347 Å². The van der Waals surface area contributed by atoms with Gasteiger partial charge in [0.2, 0.25) is 0 Å². The topological polar surface area (TPSA) is 103 Å². The minimum atomic E-state index is -0.735. The first kappa shape index (κ1) is 53.8. The maximum Gasteiger partial charge on any atom is 0.112 e. The molecule has 1 N–H and O–H groups in total. The Morgan fingerprint density at radius 2 is 0.839 bits per heavy atom. The van der Waals surface area contributed by atoms with E-state index in [9.17, 15) is 5.11 Å². The fraction of sp³-hybridized carbons (Fsp3) is 1.00. The minimum absolute atomic E-state index is 0.0103. The van der Waals surface area contributed by atoms with E-state index in [1.54, 1.807) is 0 Å². The standard InChI is InChI=1S/C15H29BO3.C14H27BO4.C14H27BO3/c1-10-11(16)8-17-12(9-18-14(2,3)4)13(10)19-15(5,6)7;1-13(2,3)18-8-10-12(19-14(4,5)6)11(16)9(15)7-17-10;1-13(2,3)17-9-12-11(18-14(4,5)6)7-10(15)8-16-12/h10-13H,8-9H2,1-7H3;9-12,16H,7-8H2,1-6H3;10-12H,7-9H2,1-6H3/t10-,11+,12+,13-;9-,10-,11+,12-;10-,11-,12+/m010/s1. The Hall–Kier alpha value is -0.205. The Kier molecular flexibility index (Phi) is 21.2. The summed E-state index contributed by atoms with van der Waals surface area (Å²) in [5.41, 5.74) is -1.34. The van der Waals surface area contributed by atoms with Crippen molar-refractivity contribution in [1.82, 2.24) is 0 Å². The summed E-state index contributed by atoms with van der Waals surface area (Å²) >= 11 is 0. The van der Waals surface area contributed by atoms with E-state index in [1.165, 1.54) is 0 Å². The van der Waals surface area contributed by atoms with Gasteiger partial charge in [0.15, 0.2) is 0 Å². The molecule has 3 fully saturated rings. The molecule has 3 aliphatic heterocycles. The van der Waals surface area contributed by atoms with Gasteiger partial charge in [-0.25, -0.2) is 0 Å². The van der Waals surface area contributed by atoms with Crippen LogP contribution in [0.3, 0.4) is 0 Å². The van der Waals surface area contributed by atoms with Crippen LogP contribution in [0.25, 0.3) is 0 Å². The molecule has 0 aliphatic carbocycles. The van der Waals surface area contributed by atoms with E-state index in [0.717, 1.165) is 6.42 Å². The molecule has 0 saturated carbocycles. The molecular weight excluding hydrogens is 709 g/mol. The molecule has 3 heterocycles. The van der Waals surface area contributed by atoms with E-state index >= 15 is 0 Å². The normalized spacial score (nSPS) is 32.5. The zero-order valence-electron chi connectivity index (χ0n) is 39.2. The van der Waals surface area contributed by atoms with Crippen LogP contribution in [0.15, 0.2) is 0 Å². The van der Waals surface area contributed by atoms with Gasteiger partial charge in [-0.2, -0.15) is 0 Å². The molecule has 0 spiro atoms. The zero-order chi connectivity index (χ0) is 43.7. The molecule has 0 unspecified atom stereocenters. The highest BCUT2D eigenvalue weighted by Gasteiger charge is 2.42. The van der Waals surface area contributed by atoms with Crippen molar-refractivity contribution >= 4 is 23.5 Å². The molecule has 11 atom stereocenters. The van der Waals surface area contributed by atoms with E-state index in [-0.39, 0.29) is 81.7 Å². The molecule has 324 valence electrons. The van der Waals surface area contributed by atoms with Crippen LogP contribution < -0.4 is 0 Å². The van der Waals surface area contributed by atoms with E-state index in [0.29, 0.717) is 39.6 Å². The van der Waals surface area contributed by atoms with Gasteiger partial charge in [0.25, 0.3) is 0 Å². The summed E-state index contributed by atoms with van der Waals surface area (Å²) in [6, 6.07) is 0. The smallest absolute Gasteiger partial charge is 0.112 e. The van der Waals surface area contributed by atoms with Crippen LogP contribution in [0.2, 0.25) is 17.5 Å². The second-order valence-corrected chi connectivity index (χ2v) is 21.7. The molecule has 3 saturated heterocycles. The molecule has 56 heavy (non-hydrogen) atoms. The third-order valence-corrected chi connectivity index (χ3v) is 8.71. The molecule has 0 amide bonds. The first-order valence-electron chi connectivity index (χ1n) is 20.8. The van der Waals surface area contributed by atoms with Crippen LogP contribution in [0.1, 0.15) is 138 Å². The lowest BCUT2D eigenvalue weighted by atomic mass is 9.72. The summed E-state index contributed by atoms with van der Waals surface area (Å²) in [7, 11) is 17.9. The van der Waals surface area contributed by atoms with Crippen LogP contribution in [0.4, 0.5) is 0 Å². The fourth-order valence-corrected chi connectivity index (χ4v) is 5.99. The van der Waals surface area contributed by atoms with E-state index in [2.05, 4.69) is 48.5 Å². The van der Waals surface area contributed by atoms with Crippen molar-refractivity contribution in [3.63, 3.8) is 0 Å². The average molecular weight is 793 g/mol. The summed E-state index contributed by atoms with van der Waals surface area (Å²) in [5, 5.41) is 10.2. The highest BCUT2D eigenvalue weighted by atomic mass is 16.6. The van der Waals surface area contributed by atoms with Gasteiger partial charge in [-0.3, -0.25) is 0 Å². The van der Waals surface area contributed by atoms with Gasteiger partial charge < -0.3 is 47.7 Å². The second kappa shape index (κ2) is 22.1. The number of hydrogen-bond donors (Lipinski definition) is 1. The molecule has 3 rings (SSSR count). The Balaban J connectivity index is 0.000000420. The summed E-state index contributed by atoms with van der Waals surface area (Å²) in [5.74, 6) is -0.0683. The van der Waals surface area contributed by atoms with Crippen molar-refractivity contribution in [3.8, 4) is 0 Å². The van der Waals surface area contributed by atoms with Crippen LogP contribution in [-0.4, -0.2) is 145 Å². The van der Waals surface area contributed by atoms with E-state index in [1.807, 2.05) is 83.1 Å². The van der Waals surface area contributed by atoms with Gasteiger partial charge in [0, 0.05) is 19.8 Å². The largest absolute Gasteiger partial charge is 0.391 e. The van der Waals surface area contributed by atoms with E-state index in [4.69, 9.17) is 66.2 Å². The lowest BCUT2D eigenvalue weighted by Crippen LogP contribution is -2.54. The zero-order valence-corrected chi connectivity index (χ0v) is 39.2.